The average Bonchev–Trinajstić information content (AvgIpc) is 2.85. The highest BCUT2D eigenvalue weighted by Gasteiger charge is 2.23. The van der Waals surface area contributed by atoms with Gasteiger partial charge in [-0.15, -0.1) is 6.58 Å². The van der Waals surface area contributed by atoms with Crippen molar-refractivity contribution in [1.82, 2.24) is 10.2 Å². The van der Waals surface area contributed by atoms with Gasteiger partial charge in [-0.3, -0.25) is 9.69 Å². The Balaban J connectivity index is 1.74. The monoisotopic (exact) mass is 259 g/mol. The SMILES string of the molecule is C=CCNC(=O)CN1CCC(Nc2ccccc2)C1. The minimum absolute atomic E-state index is 0.0697. The molecule has 0 bridgehead atoms. The van der Waals surface area contributed by atoms with Crippen LogP contribution in [0, 0.1) is 0 Å². The van der Waals surface area contributed by atoms with Crippen LogP contribution in [0.4, 0.5) is 5.69 Å². The van der Waals surface area contributed by atoms with Gasteiger partial charge in [0.05, 0.1) is 6.54 Å². The van der Waals surface area contributed by atoms with Gasteiger partial charge in [-0.25, -0.2) is 0 Å². The number of nitrogens with one attached hydrogen (secondary N) is 2. The number of amides is 1. The van der Waals surface area contributed by atoms with Crippen molar-refractivity contribution in [1.29, 1.82) is 0 Å². The number of rotatable bonds is 6. The van der Waals surface area contributed by atoms with Gasteiger partial charge in [-0.05, 0) is 18.6 Å². The Hall–Kier alpha value is -1.81. The van der Waals surface area contributed by atoms with E-state index in [1.54, 1.807) is 6.08 Å². The topological polar surface area (TPSA) is 44.4 Å². The molecule has 0 aliphatic carbocycles. The Morgan fingerprint density at radius 3 is 2.95 bits per heavy atom. The lowest BCUT2D eigenvalue weighted by Gasteiger charge is -2.16. The maximum atomic E-state index is 11.6. The van der Waals surface area contributed by atoms with Gasteiger partial charge >= 0.3 is 0 Å². The summed E-state index contributed by atoms with van der Waals surface area (Å²) in [6.07, 6.45) is 2.77. The predicted octanol–water partition coefficient (Wildman–Crippen LogP) is 1.47. The molecule has 0 saturated carbocycles. The highest BCUT2D eigenvalue weighted by molar-refractivity contribution is 5.78. The van der Waals surface area contributed by atoms with Gasteiger partial charge in [-0.1, -0.05) is 24.3 Å². The molecule has 4 nitrogen and oxygen atoms in total. The van der Waals surface area contributed by atoms with Crippen LogP contribution in [0.15, 0.2) is 43.0 Å². The largest absolute Gasteiger partial charge is 0.381 e. The van der Waals surface area contributed by atoms with Crippen LogP contribution in [0.5, 0.6) is 0 Å². The number of hydrogen-bond donors (Lipinski definition) is 2. The molecule has 1 heterocycles. The first-order valence-corrected chi connectivity index (χ1v) is 6.69. The van der Waals surface area contributed by atoms with Gasteiger partial charge in [0, 0.05) is 31.4 Å². The van der Waals surface area contributed by atoms with Crippen molar-refractivity contribution in [3.05, 3.63) is 43.0 Å². The second-order valence-electron chi connectivity index (χ2n) is 4.82. The molecule has 1 amide bonds. The number of benzene rings is 1. The summed E-state index contributed by atoms with van der Waals surface area (Å²) in [7, 11) is 0. The van der Waals surface area contributed by atoms with Crippen molar-refractivity contribution in [3.8, 4) is 0 Å². The van der Waals surface area contributed by atoms with E-state index in [9.17, 15) is 4.79 Å². The van der Waals surface area contributed by atoms with Crippen LogP contribution in [0.1, 0.15) is 6.42 Å². The first kappa shape index (κ1) is 13.6. The molecule has 1 fully saturated rings. The zero-order chi connectivity index (χ0) is 13.5. The fourth-order valence-electron chi connectivity index (χ4n) is 2.31. The van der Waals surface area contributed by atoms with Gasteiger partial charge in [0.1, 0.15) is 0 Å². The summed E-state index contributed by atoms with van der Waals surface area (Å²) in [5, 5.41) is 6.30. The third kappa shape index (κ3) is 4.41. The van der Waals surface area contributed by atoms with Gasteiger partial charge in [0.15, 0.2) is 0 Å². The van der Waals surface area contributed by atoms with Crippen LogP contribution in [0.3, 0.4) is 0 Å². The molecule has 0 radical (unpaired) electrons. The van der Waals surface area contributed by atoms with Crippen molar-refractivity contribution in [2.24, 2.45) is 0 Å². The molecule has 1 aromatic carbocycles. The molecule has 1 aromatic rings. The molecule has 102 valence electrons. The second-order valence-corrected chi connectivity index (χ2v) is 4.82. The maximum Gasteiger partial charge on any atom is 0.234 e. The van der Waals surface area contributed by atoms with Gasteiger partial charge in [-0.2, -0.15) is 0 Å². The van der Waals surface area contributed by atoms with E-state index in [0.29, 0.717) is 19.1 Å². The molecule has 2 rings (SSSR count). The van der Waals surface area contributed by atoms with Crippen molar-refractivity contribution >= 4 is 11.6 Å². The fourth-order valence-corrected chi connectivity index (χ4v) is 2.31. The lowest BCUT2D eigenvalue weighted by atomic mass is 10.2. The lowest BCUT2D eigenvalue weighted by Crippen LogP contribution is -2.37. The molecule has 1 aliphatic heterocycles. The molecule has 1 aliphatic rings. The van der Waals surface area contributed by atoms with Crippen LogP contribution < -0.4 is 10.6 Å². The van der Waals surface area contributed by atoms with Gasteiger partial charge < -0.3 is 10.6 Å². The molecule has 1 atom stereocenters. The normalized spacial score (nSPS) is 19.1. The van der Waals surface area contributed by atoms with Crippen molar-refractivity contribution in [2.45, 2.75) is 12.5 Å². The fraction of sp³-hybridized carbons (Fsp3) is 0.400. The number of carbonyl (C=O) groups is 1. The number of anilines is 1. The summed E-state index contributed by atoms with van der Waals surface area (Å²) < 4.78 is 0. The zero-order valence-corrected chi connectivity index (χ0v) is 11.1. The minimum atomic E-state index is 0.0697. The molecular weight excluding hydrogens is 238 g/mol. The Morgan fingerprint density at radius 1 is 1.42 bits per heavy atom. The molecule has 4 heteroatoms. The second kappa shape index (κ2) is 6.95. The quantitative estimate of drug-likeness (QED) is 0.761. The number of para-hydroxylation sites is 1. The number of hydrogen-bond acceptors (Lipinski definition) is 3. The lowest BCUT2D eigenvalue weighted by molar-refractivity contribution is -0.121. The van der Waals surface area contributed by atoms with Gasteiger partial charge in [0.2, 0.25) is 5.91 Å². The Kier molecular flexibility index (Phi) is 4.98. The van der Waals surface area contributed by atoms with E-state index < -0.39 is 0 Å². The van der Waals surface area contributed by atoms with E-state index >= 15 is 0 Å². The first-order chi connectivity index (χ1) is 9.28. The van der Waals surface area contributed by atoms with E-state index in [1.165, 1.54) is 0 Å². The summed E-state index contributed by atoms with van der Waals surface area (Å²) in [5.41, 5.74) is 1.14. The van der Waals surface area contributed by atoms with Crippen LogP contribution in [-0.4, -0.2) is 43.0 Å². The van der Waals surface area contributed by atoms with Crippen LogP contribution in [-0.2, 0) is 4.79 Å². The van der Waals surface area contributed by atoms with Crippen LogP contribution in [0.2, 0.25) is 0 Å². The first-order valence-electron chi connectivity index (χ1n) is 6.69. The minimum Gasteiger partial charge on any atom is -0.381 e. The molecule has 1 saturated heterocycles. The van der Waals surface area contributed by atoms with Crippen molar-refractivity contribution < 1.29 is 4.79 Å². The van der Waals surface area contributed by atoms with Crippen molar-refractivity contribution in [2.75, 3.05) is 31.5 Å². The number of carbonyl (C=O) groups excluding carboxylic acids is 1. The molecule has 19 heavy (non-hydrogen) atoms. The molecule has 0 spiro atoms. The van der Waals surface area contributed by atoms with E-state index in [4.69, 9.17) is 0 Å². The third-order valence-corrected chi connectivity index (χ3v) is 3.23. The van der Waals surface area contributed by atoms with Gasteiger partial charge in [0.25, 0.3) is 0 Å². The summed E-state index contributed by atoms with van der Waals surface area (Å²) in [4.78, 5) is 13.8. The molecular formula is C15H21N3O. The predicted molar refractivity (Wildman–Crippen MR) is 78.1 cm³/mol. The highest BCUT2D eigenvalue weighted by atomic mass is 16.2. The highest BCUT2D eigenvalue weighted by Crippen LogP contribution is 2.15. The molecule has 0 aromatic heterocycles. The molecule has 1 unspecified atom stereocenters. The zero-order valence-electron chi connectivity index (χ0n) is 11.1. The maximum absolute atomic E-state index is 11.6. The van der Waals surface area contributed by atoms with E-state index in [0.717, 1.165) is 25.2 Å². The van der Waals surface area contributed by atoms with Crippen molar-refractivity contribution in [3.63, 3.8) is 0 Å². The van der Waals surface area contributed by atoms with E-state index in [-0.39, 0.29) is 5.91 Å². The Morgan fingerprint density at radius 2 is 2.21 bits per heavy atom. The summed E-state index contributed by atoms with van der Waals surface area (Å²) in [6, 6.07) is 10.6. The average molecular weight is 259 g/mol. The van der Waals surface area contributed by atoms with Crippen LogP contribution >= 0.6 is 0 Å². The Bertz CT molecular complexity index is 419. The summed E-state index contributed by atoms with van der Waals surface area (Å²) >= 11 is 0. The van der Waals surface area contributed by atoms with E-state index in [1.807, 2.05) is 18.2 Å². The standard InChI is InChI=1S/C15H21N3O/c1-2-9-16-15(19)12-18-10-8-14(11-18)17-13-6-4-3-5-7-13/h2-7,14,17H,1,8-12H2,(H,16,19). The summed E-state index contributed by atoms with van der Waals surface area (Å²) in [6.45, 7) is 6.48. The van der Waals surface area contributed by atoms with E-state index in [2.05, 4.69) is 34.2 Å². The number of likely N-dealkylation sites (tertiary alicyclic amines) is 1. The summed E-state index contributed by atoms with van der Waals surface area (Å²) in [5.74, 6) is 0.0697. The smallest absolute Gasteiger partial charge is 0.234 e. The molecule has 2 N–H and O–H groups in total. The third-order valence-electron chi connectivity index (χ3n) is 3.23. The Labute approximate surface area is 114 Å². The van der Waals surface area contributed by atoms with Crippen LogP contribution in [0.25, 0.3) is 0 Å². The number of nitrogens with zero attached hydrogens (tertiary/aromatic N) is 1.